The van der Waals surface area contributed by atoms with Crippen LogP contribution in [0.1, 0.15) is 57.8 Å². The highest BCUT2D eigenvalue weighted by atomic mass is 16.5. The SMILES string of the molecule is COc1ccc2cc1OCCn1nc(-c3ccccc3)nc1[C@@H](C(C)C)NC(=O)CN(C(=O)c1cc(C)nc3onc(C)c13)CCNC2=O. The molecule has 14 nitrogen and oxygen atoms in total. The molecule has 49 heavy (non-hydrogen) atoms. The second-order valence-corrected chi connectivity index (χ2v) is 12.1. The molecule has 254 valence electrons. The molecule has 4 heterocycles. The fourth-order valence-corrected chi connectivity index (χ4v) is 5.77. The van der Waals surface area contributed by atoms with Gasteiger partial charge in [0.05, 0.1) is 42.9 Å². The molecule has 2 bridgehead atoms. The van der Waals surface area contributed by atoms with Gasteiger partial charge in [-0.3, -0.25) is 14.4 Å². The zero-order chi connectivity index (χ0) is 34.7. The number of fused-ring (bicyclic) bond motifs is 4. The number of nitrogens with one attached hydrogen (secondary N) is 2. The zero-order valence-electron chi connectivity index (χ0n) is 28.0. The summed E-state index contributed by atoms with van der Waals surface area (Å²) in [5.74, 6) is 0.574. The maximum absolute atomic E-state index is 14.2. The van der Waals surface area contributed by atoms with Gasteiger partial charge >= 0.3 is 0 Å². The lowest BCUT2D eigenvalue weighted by molar-refractivity contribution is -0.123. The lowest BCUT2D eigenvalue weighted by atomic mass is 10.0. The maximum atomic E-state index is 14.2. The summed E-state index contributed by atoms with van der Waals surface area (Å²) < 4.78 is 18.7. The molecule has 2 N–H and O–H groups in total. The van der Waals surface area contributed by atoms with E-state index in [9.17, 15) is 14.4 Å². The van der Waals surface area contributed by atoms with E-state index >= 15 is 0 Å². The Bertz CT molecular complexity index is 2000. The highest BCUT2D eigenvalue weighted by molar-refractivity contribution is 6.07. The number of hydrogen-bond acceptors (Lipinski definition) is 10. The second kappa shape index (κ2) is 14.1. The number of nitrogens with zero attached hydrogens (tertiary/aromatic N) is 6. The van der Waals surface area contributed by atoms with Gasteiger partial charge in [-0.25, -0.2) is 14.6 Å². The van der Waals surface area contributed by atoms with Crippen molar-refractivity contribution in [1.29, 1.82) is 0 Å². The molecule has 0 fully saturated rings. The molecule has 5 aromatic rings. The lowest BCUT2D eigenvalue weighted by Crippen LogP contribution is -2.46. The van der Waals surface area contributed by atoms with Crippen LogP contribution in [0.2, 0.25) is 0 Å². The van der Waals surface area contributed by atoms with Crippen LogP contribution < -0.4 is 20.1 Å². The van der Waals surface area contributed by atoms with Crippen molar-refractivity contribution in [2.45, 2.75) is 40.3 Å². The number of aromatic nitrogens is 5. The Kier molecular flexibility index (Phi) is 9.56. The number of hydrogen-bond donors (Lipinski definition) is 2. The van der Waals surface area contributed by atoms with Crippen molar-refractivity contribution in [2.24, 2.45) is 5.92 Å². The summed E-state index contributed by atoms with van der Waals surface area (Å²) in [5, 5.41) is 15.2. The van der Waals surface area contributed by atoms with E-state index in [1.165, 1.54) is 12.0 Å². The molecule has 6 rings (SSSR count). The van der Waals surface area contributed by atoms with Crippen LogP contribution in [0.5, 0.6) is 11.5 Å². The first-order chi connectivity index (χ1) is 23.6. The molecule has 3 aromatic heterocycles. The van der Waals surface area contributed by atoms with Crippen LogP contribution in [0.25, 0.3) is 22.5 Å². The molecule has 3 amide bonds. The van der Waals surface area contributed by atoms with E-state index in [1.54, 1.807) is 42.8 Å². The fourth-order valence-electron chi connectivity index (χ4n) is 5.77. The zero-order valence-corrected chi connectivity index (χ0v) is 28.0. The van der Waals surface area contributed by atoms with Gasteiger partial charge in [-0.1, -0.05) is 49.3 Å². The number of amides is 3. The number of aryl methyl sites for hydroxylation is 2. The number of carbonyl (C=O) groups excluding carboxylic acids is 3. The molecule has 1 aliphatic rings. The molecule has 1 atom stereocenters. The Labute approximate surface area is 282 Å². The van der Waals surface area contributed by atoms with Crippen molar-refractivity contribution in [1.82, 2.24) is 40.4 Å². The quantitative estimate of drug-likeness (QED) is 0.287. The Morgan fingerprint density at radius 3 is 2.57 bits per heavy atom. The van der Waals surface area contributed by atoms with Gasteiger partial charge in [0, 0.05) is 29.9 Å². The number of carbonyl (C=O) groups is 3. The first-order valence-electron chi connectivity index (χ1n) is 16.0. The maximum Gasteiger partial charge on any atom is 0.258 e. The van der Waals surface area contributed by atoms with Crippen LogP contribution in [0, 0.1) is 19.8 Å². The molecular formula is C35H38N8O6. The van der Waals surface area contributed by atoms with Crippen LogP contribution in [0.3, 0.4) is 0 Å². The Balaban J connectivity index is 1.40. The summed E-state index contributed by atoms with van der Waals surface area (Å²) in [6, 6.07) is 15.6. The average molecular weight is 667 g/mol. The predicted octanol–water partition coefficient (Wildman–Crippen LogP) is 3.88. The minimum Gasteiger partial charge on any atom is -0.493 e. The van der Waals surface area contributed by atoms with Gasteiger partial charge in [-0.05, 0) is 44.0 Å². The van der Waals surface area contributed by atoms with Gasteiger partial charge in [0.15, 0.2) is 23.1 Å². The third kappa shape index (κ3) is 7.08. The van der Waals surface area contributed by atoms with E-state index in [-0.39, 0.29) is 50.3 Å². The number of rotatable bonds is 4. The summed E-state index contributed by atoms with van der Waals surface area (Å²) in [6.45, 7) is 7.70. The van der Waals surface area contributed by atoms with Gasteiger partial charge in [0.2, 0.25) is 5.91 Å². The third-order valence-electron chi connectivity index (χ3n) is 8.24. The third-order valence-corrected chi connectivity index (χ3v) is 8.24. The monoisotopic (exact) mass is 666 g/mol. The topological polar surface area (TPSA) is 167 Å². The van der Waals surface area contributed by atoms with Crippen molar-refractivity contribution in [3.05, 3.63) is 82.9 Å². The molecule has 14 heteroatoms. The molecule has 1 aliphatic heterocycles. The summed E-state index contributed by atoms with van der Waals surface area (Å²) >= 11 is 0. The molecule has 0 spiro atoms. The smallest absolute Gasteiger partial charge is 0.258 e. The second-order valence-electron chi connectivity index (χ2n) is 12.1. The van der Waals surface area contributed by atoms with E-state index < -0.39 is 17.9 Å². The van der Waals surface area contributed by atoms with Crippen molar-refractivity contribution in [3.63, 3.8) is 0 Å². The van der Waals surface area contributed by atoms with E-state index in [2.05, 4.69) is 20.8 Å². The highest BCUT2D eigenvalue weighted by Gasteiger charge is 2.29. The van der Waals surface area contributed by atoms with E-state index in [1.807, 2.05) is 44.2 Å². The van der Waals surface area contributed by atoms with Crippen molar-refractivity contribution < 1.29 is 28.4 Å². The first kappa shape index (κ1) is 33.1. The summed E-state index contributed by atoms with van der Waals surface area (Å²) in [6.07, 6.45) is 0. The van der Waals surface area contributed by atoms with Crippen LogP contribution in [-0.4, -0.2) is 80.9 Å². The van der Waals surface area contributed by atoms with Crippen molar-refractivity contribution in [2.75, 3.05) is 33.4 Å². The van der Waals surface area contributed by atoms with Crippen LogP contribution in [-0.2, 0) is 11.3 Å². The summed E-state index contributed by atoms with van der Waals surface area (Å²) in [5.41, 5.74) is 2.75. The van der Waals surface area contributed by atoms with Gasteiger partial charge in [0.1, 0.15) is 6.61 Å². The van der Waals surface area contributed by atoms with E-state index in [4.69, 9.17) is 24.1 Å². The van der Waals surface area contributed by atoms with Gasteiger partial charge < -0.3 is 29.5 Å². The number of pyridine rings is 1. The van der Waals surface area contributed by atoms with Crippen molar-refractivity contribution in [3.8, 4) is 22.9 Å². The molecular weight excluding hydrogens is 628 g/mol. The van der Waals surface area contributed by atoms with Gasteiger partial charge in [-0.15, -0.1) is 0 Å². The number of methoxy groups -OCH3 is 1. The lowest BCUT2D eigenvalue weighted by Gasteiger charge is -2.26. The highest BCUT2D eigenvalue weighted by Crippen LogP contribution is 2.29. The Morgan fingerprint density at radius 1 is 1.02 bits per heavy atom. The predicted molar refractivity (Wildman–Crippen MR) is 179 cm³/mol. The molecule has 0 unspecified atom stereocenters. The standard InChI is InChI=1S/C35H38N8O6/c1-20(2)30-32-39-31(23-9-7-6-8-10-23)40-43(32)15-16-48-27-18-24(11-12-26(27)47-5)33(45)36-13-14-42(19-28(44)38-30)35(46)25-17-21(3)37-34-29(25)22(4)41-49-34/h6-12,17-18,20,30H,13-16,19H2,1-5H3,(H,36,45)(H,38,44)/t30-/m1/s1. The van der Waals surface area contributed by atoms with Crippen molar-refractivity contribution >= 4 is 28.8 Å². The Morgan fingerprint density at radius 2 is 1.82 bits per heavy atom. The number of ether oxygens (including phenoxy) is 2. The molecule has 2 aromatic carbocycles. The van der Waals surface area contributed by atoms with Gasteiger partial charge in [-0.2, -0.15) is 5.10 Å². The molecule has 0 radical (unpaired) electrons. The minimum absolute atomic E-state index is 0.0331. The van der Waals surface area contributed by atoms with Gasteiger partial charge in [0.25, 0.3) is 17.5 Å². The van der Waals surface area contributed by atoms with Crippen LogP contribution >= 0.6 is 0 Å². The normalized spacial score (nSPS) is 16.0. The van der Waals surface area contributed by atoms with E-state index in [0.717, 1.165) is 5.56 Å². The Hall–Kier alpha value is -5.79. The first-order valence-corrected chi connectivity index (χ1v) is 16.0. The van der Waals surface area contributed by atoms with Crippen LogP contribution in [0.15, 0.2) is 59.1 Å². The average Bonchev–Trinajstić information content (AvgIpc) is 3.68. The van der Waals surface area contributed by atoms with E-state index in [0.29, 0.717) is 51.0 Å². The molecule has 0 aliphatic carbocycles. The number of benzene rings is 2. The largest absolute Gasteiger partial charge is 0.493 e. The summed E-state index contributed by atoms with van der Waals surface area (Å²) in [7, 11) is 1.53. The summed E-state index contributed by atoms with van der Waals surface area (Å²) in [4.78, 5) is 51.9. The minimum atomic E-state index is -0.558. The fraction of sp³-hybridized carbons (Fsp3) is 0.343. The van der Waals surface area contributed by atoms with Crippen LogP contribution in [0.4, 0.5) is 0 Å². The molecule has 0 saturated carbocycles. The molecule has 0 saturated heterocycles.